The number of pyridine rings is 1. The summed E-state index contributed by atoms with van der Waals surface area (Å²) in [6.07, 6.45) is 7.99. The molecule has 0 amide bonds. The summed E-state index contributed by atoms with van der Waals surface area (Å²) in [5, 5.41) is 9.00. The molecule has 2 N–H and O–H groups in total. The molecule has 2 aliphatic carbocycles. The lowest BCUT2D eigenvalue weighted by molar-refractivity contribution is 0.0694. The molecule has 4 nitrogen and oxygen atoms in total. The van der Waals surface area contributed by atoms with Gasteiger partial charge in [-0.15, -0.1) is 0 Å². The minimum atomic E-state index is -1.13. The summed E-state index contributed by atoms with van der Waals surface area (Å²) in [6, 6.07) is 1.59. The van der Waals surface area contributed by atoms with Gasteiger partial charge in [-0.25, -0.2) is 4.79 Å². The predicted octanol–water partition coefficient (Wildman–Crippen LogP) is 2.12. The number of aryl methyl sites for hydroxylation is 1. The van der Waals surface area contributed by atoms with Gasteiger partial charge in [-0.2, -0.15) is 0 Å². The second-order valence-electron chi connectivity index (χ2n) is 5.70. The molecule has 0 bridgehead atoms. The maximum Gasteiger partial charge on any atom is 0.341 e. The number of nitrogens with one attached hydrogen (secondary N) is 1. The van der Waals surface area contributed by atoms with E-state index in [-0.39, 0.29) is 5.56 Å². The highest BCUT2D eigenvalue weighted by Crippen LogP contribution is 2.47. The van der Waals surface area contributed by atoms with E-state index in [0.717, 1.165) is 30.5 Å². The first-order valence-corrected chi connectivity index (χ1v) is 6.58. The van der Waals surface area contributed by atoms with E-state index in [4.69, 9.17) is 5.11 Å². The molecule has 0 atom stereocenters. The number of hydrogen-bond acceptors (Lipinski definition) is 2. The van der Waals surface area contributed by atoms with E-state index >= 15 is 0 Å². The van der Waals surface area contributed by atoms with Crippen molar-refractivity contribution < 1.29 is 9.90 Å². The zero-order chi connectivity index (χ0) is 12.8. The lowest BCUT2D eigenvalue weighted by Crippen LogP contribution is -2.30. The minimum Gasteiger partial charge on any atom is -0.477 e. The lowest BCUT2D eigenvalue weighted by Gasteiger charge is -2.34. The van der Waals surface area contributed by atoms with E-state index in [1.54, 1.807) is 6.07 Å². The molecular formula is C14H17NO3. The summed E-state index contributed by atoms with van der Waals surface area (Å²) in [5.41, 5.74) is 1.77. The smallest absolute Gasteiger partial charge is 0.341 e. The number of aromatic nitrogens is 1. The summed E-state index contributed by atoms with van der Waals surface area (Å²) in [4.78, 5) is 25.4. The molecule has 0 aromatic carbocycles. The Labute approximate surface area is 105 Å². The maximum absolute atomic E-state index is 11.6. The Kier molecular flexibility index (Phi) is 2.54. The number of carbonyl (C=O) groups is 1. The van der Waals surface area contributed by atoms with Gasteiger partial charge in [0.1, 0.15) is 5.56 Å². The minimum absolute atomic E-state index is 0.121. The zero-order valence-electron chi connectivity index (χ0n) is 10.3. The normalized spacial score (nSPS) is 20.9. The Bertz CT molecular complexity index is 553. The number of carboxylic acid groups (broad SMARTS) is 1. The number of fused-ring (bicyclic) bond motifs is 1. The fraction of sp³-hybridized carbons (Fsp3) is 0.571. The van der Waals surface area contributed by atoms with E-state index in [2.05, 4.69) is 4.98 Å². The Morgan fingerprint density at radius 2 is 2.00 bits per heavy atom. The fourth-order valence-corrected chi connectivity index (χ4v) is 3.59. The van der Waals surface area contributed by atoms with Crippen LogP contribution in [-0.2, 0) is 12.8 Å². The first kappa shape index (κ1) is 11.5. The van der Waals surface area contributed by atoms with Crippen molar-refractivity contribution >= 4 is 5.97 Å². The standard InChI is InChI=1S/C14H17NO3/c16-12-10(13(17)18)7-9-8-14(4-1-2-5-14)6-3-11(9)15-12/h7H,1-6,8H2,(H,15,16)(H,17,18). The first-order valence-electron chi connectivity index (χ1n) is 6.58. The number of carboxylic acids is 1. The van der Waals surface area contributed by atoms with Crippen LogP contribution in [0.4, 0.5) is 0 Å². The Hall–Kier alpha value is -1.58. The Morgan fingerprint density at radius 1 is 1.28 bits per heavy atom. The van der Waals surface area contributed by atoms with Crippen LogP contribution in [0.15, 0.2) is 10.9 Å². The average Bonchev–Trinajstić information content (AvgIpc) is 2.77. The van der Waals surface area contributed by atoms with E-state index in [0.29, 0.717) is 5.41 Å². The van der Waals surface area contributed by atoms with Crippen LogP contribution in [-0.4, -0.2) is 16.1 Å². The molecule has 1 spiro atoms. The molecule has 18 heavy (non-hydrogen) atoms. The van der Waals surface area contributed by atoms with Crippen molar-refractivity contribution in [3.8, 4) is 0 Å². The molecule has 3 rings (SSSR count). The number of hydrogen-bond donors (Lipinski definition) is 2. The highest BCUT2D eigenvalue weighted by molar-refractivity contribution is 5.87. The maximum atomic E-state index is 11.6. The predicted molar refractivity (Wildman–Crippen MR) is 66.9 cm³/mol. The van der Waals surface area contributed by atoms with Crippen molar-refractivity contribution in [2.75, 3.05) is 0 Å². The van der Waals surface area contributed by atoms with E-state index < -0.39 is 11.5 Å². The van der Waals surface area contributed by atoms with Gasteiger partial charge < -0.3 is 10.1 Å². The van der Waals surface area contributed by atoms with Crippen molar-refractivity contribution in [2.24, 2.45) is 5.41 Å². The van der Waals surface area contributed by atoms with Crippen LogP contribution < -0.4 is 5.56 Å². The van der Waals surface area contributed by atoms with Crippen LogP contribution in [0, 0.1) is 5.41 Å². The molecule has 1 saturated carbocycles. The van der Waals surface area contributed by atoms with Gasteiger partial charge in [0, 0.05) is 5.69 Å². The Balaban J connectivity index is 2.02. The molecule has 0 unspecified atom stereocenters. The highest BCUT2D eigenvalue weighted by Gasteiger charge is 2.37. The summed E-state index contributed by atoms with van der Waals surface area (Å²) in [5.74, 6) is -1.13. The second kappa shape index (κ2) is 3.97. The first-order chi connectivity index (χ1) is 8.60. The quantitative estimate of drug-likeness (QED) is 0.798. The molecule has 0 radical (unpaired) electrons. The van der Waals surface area contributed by atoms with Crippen molar-refractivity contribution in [2.45, 2.75) is 44.9 Å². The van der Waals surface area contributed by atoms with E-state index in [9.17, 15) is 9.59 Å². The molecule has 2 aliphatic rings. The molecule has 0 aliphatic heterocycles. The van der Waals surface area contributed by atoms with Gasteiger partial charge in [-0.3, -0.25) is 4.79 Å². The highest BCUT2D eigenvalue weighted by atomic mass is 16.4. The van der Waals surface area contributed by atoms with Crippen molar-refractivity contribution in [3.05, 3.63) is 33.2 Å². The van der Waals surface area contributed by atoms with Gasteiger partial charge in [0.2, 0.25) is 0 Å². The SMILES string of the molecule is O=C(O)c1cc2c([nH]c1=O)CCC1(CCCC1)C2. The van der Waals surface area contributed by atoms with Crippen LogP contribution in [0.2, 0.25) is 0 Å². The third-order valence-electron chi connectivity index (χ3n) is 4.58. The lowest BCUT2D eigenvalue weighted by atomic mass is 9.71. The molecular weight excluding hydrogens is 230 g/mol. The van der Waals surface area contributed by atoms with Crippen LogP contribution >= 0.6 is 0 Å². The van der Waals surface area contributed by atoms with E-state index in [1.807, 2.05) is 0 Å². The van der Waals surface area contributed by atoms with Gasteiger partial charge in [0.15, 0.2) is 0 Å². The summed E-state index contributed by atoms with van der Waals surface area (Å²) in [7, 11) is 0. The largest absolute Gasteiger partial charge is 0.477 e. The zero-order valence-corrected chi connectivity index (χ0v) is 10.3. The van der Waals surface area contributed by atoms with Crippen molar-refractivity contribution in [1.82, 2.24) is 4.98 Å². The van der Waals surface area contributed by atoms with Gasteiger partial charge in [0.05, 0.1) is 0 Å². The van der Waals surface area contributed by atoms with Crippen LogP contribution in [0.1, 0.15) is 53.7 Å². The second-order valence-corrected chi connectivity index (χ2v) is 5.70. The molecule has 0 saturated heterocycles. The van der Waals surface area contributed by atoms with Crippen LogP contribution in [0.25, 0.3) is 0 Å². The van der Waals surface area contributed by atoms with E-state index in [1.165, 1.54) is 25.7 Å². The van der Waals surface area contributed by atoms with Crippen molar-refractivity contribution in [1.29, 1.82) is 0 Å². The van der Waals surface area contributed by atoms with Gasteiger partial charge >= 0.3 is 5.97 Å². The number of aromatic amines is 1. The van der Waals surface area contributed by atoms with Gasteiger partial charge in [-0.05, 0) is 49.1 Å². The molecule has 1 aromatic rings. The third kappa shape index (κ3) is 1.76. The topological polar surface area (TPSA) is 70.2 Å². The average molecular weight is 247 g/mol. The van der Waals surface area contributed by atoms with Gasteiger partial charge in [0.25, 0.3) is 5.56 Å². The molecule has 1 fully saturated rings. The third-order valence-corrected chi connectivity index (χ3v) is 4.58. The number of rotatable bonds is 1. The number of H-pyrrole nitrogens is 1. The summed E-state index contributed by atoms with van der Waals surface area (Å²) >= 11 is 0. The molecule has 4 heteroatoms. The Morgan fingerprint density at radius 3 is 2.67 bits per heavy atom. The monoisotopic (exact) mass is 247 g/mol. The summed E-state index contributed by atoms with van der Waals surface area (Å²) < 4.78 is 0. The number of aromatic carboxylic acids is 1. The molecule has 1 heterocycles. The van der Waals surface area contributed by atoms with Gasteiger partial charge in [-0.1, -0.05) is 12.8 Å². The van der Waals surface area contributed by atoms with Crippen molar-refractivity contribution in [3.63, 3.8) is 0 Å². The molecule has 1 aromatic heterocycles. The van der Waals surface area contributed by atoms with Crippen LogP contribution in [0.3, 0.4) is 0 Å². The van der Waals surface area contributed by atoms with Crippen LogP contribution in [0.5, 0.6) is 0 Å². The summed E-state index contributed by atoms with van der Waals surface area (Å²) in [6.45, 7) is 0. The fourth-order valence-electron chi connectivity index (χ4n) is 3.59. The molecule has 96 valence electrons.